The van der Waals surface area contributed by atoms with Gasteiger partial charge in [0.2, 0.25) is 10.0 Å². The summed E-state index contributed by atoms with van der Waals surface area (Å²) in [6.45, 7) is 2.56. The van der Waals surface area contributed by atoms with Crippen molar-refractivity contribution >= 4 is 16.0 Å². The van der Waals surface area contributed by atoms with Gasteiger partial charge in [-0.15, -0.1) is 0 Å². The Bertz CT molecular complexity index is 567. The smallest absolute Gasteiger partial charge is 0.303 e. The average Bonchev–Trinajstić information content (AvgIpc) is 2.43. The van der Waals surface area contributed by atoms with Gasteiger partial charge in [-0.2, -0.15) is 0 Å². The van der Waals surface area contributed by atoms with E-state index >= 15 is 0 Å². The normalized spacial score (nSPS) is 13.3. The van der Waals surface area contributed by atoms with E-state index in [-0.39, 0.29) is 17.4 Å². The Morgan fingerprint density at radius 2 is 1.86 bits per heavy atom. The highest BCUT2D eigenvalue weighted by molar-refractivity contribution is 7.89. The second-order valence-electron chi connectivity index (χ2n) is 5.03. The van der Waals surface area contributed by atoms with Gasteiger partial charge in [-0.05, 0) is 37.6 Å². The highest BCUT2D eigenvalue weighted by Crippen LogP contribution is 2.18. The third-order valence-corrected chi connectivity index (χ3v) is 5.01. The van der Waals surface area contributed by atoms with Gasteiger partial charge in [-0.1, -0.05) is 12.1 Å². The molecule has 0 spiro atoms. The Morgan fingerprint density at radius 1 is 1.29 bits per heavy atom. The highest BCUT2D eigenvalue weighted by Gasteiger charge is 2.17. The third kappa shape index (κ3) is 5.11. The Kier molecular flexibility index (Phi) is 6.32. The van der Waals surface area contributed by atoms with Gasteiger partial charge in [0.05, 0.1) is 4.90 Å². The number of hydrogen-bond donors (Lipinski definition) is 2. The van der Waals surface area contributed by atoms with Gasteiger partial charge in [0.15, 0.2) is 0 Å². The van der Waals surface area contributed by atoms with E-state index in [0.29, 0.717) is 13.0 Å². The van der Waals surface area contributed by atoms with Gasteiger partial charge >= 0.3 is 5.97 Å². The van der Waals surface area contributed by atoms with Crippen molar-refractivity contribution in [2.45, 2.75) is 30.7 Å². The second kappa shape index (κ2) is 7.53. The molecule has 0 amide bonds. The van der Waals surface area contributed by atoms with E-state index < -0.39 is 16.0 Å². The molecule has 1 unspecified atom stereocenters. The molecule has 1 atom stereocenters. The maximum absolute atomic E-state index is 11.9. The van der Waals surface area contributed by atoms with E-state index in [1.807, 2.05) is 6.92 Å². The van der Waals surface area contributed by atoms with Gasteiger partial charge in [0, 0.05) is 26.6 Å². The van der Waals surface area contributed by atoms with Crippen molar-refractivity contribution in [3.63, 3.8) is 0 Å². The molecule has 0 saturated heterocycles. The van der Waals surface area contributed by atoms with Crippen LogP contribution < -0.4 is 5.32 Å². The number of benzene rings is 1. The molecule has 0 aromatic heterocycles. The van der Waals surface area contributed by atoms with Crippen LogP contribution in [0, 0.1) is 0 Å². The van der Waals surface area contributed by atoms with Crippen molar-refractivity contribution in [2.75, 3.05) is 20.6 Å². The number of aliphatic carboxylic acids is 1. The SMILES string of the molecule is CC(NCCCC(=O)O)c1ccc(S(=O)(=O)N(C)C)cc1. The monoisotopic (exact) mass is 314 g/mol. The van der Waals surface area contributed by atoms with Crippen LogP contribution in [0.3, 0.4) is 0 Å². The lowest BCUT2D eigenvalue weighted by Gasteiger charge is -2.15. The number of carbonyl (C=O) groups is 1. The summed E-state index contributed by atoms with van der Waals surface area (Å²) in [5, 5.41) is 11.8. The van der Waals surface area contributed by atoms with E-state index in [4.69, 9.17) is 5.11 Å². The zero-order chi connectivity index (χ0) is 16.0. The van der Waals surface area contributed by atoms with E-state index in [1.54, 1.807) is 24.3 Å². The summed E-state index contributed by atoms with van der Waals surface area (Å²) < 4.78 is 25.1. The van der Waals surface area contributed by atoms with Crippen molar-refractivity contribution in [1.29, 1.82) is 0 Å². The first-order valence-corrected chi connectivity index (χ1v) is 8.17. The number of rotatable bonds is 8. The van der Waals surface area contributed by atoms with Crippen molar-refractivity contribution < 1.29 is 18.3 Å². The lowest BCUT2D eigenvalue weighted by atomic mass is 10.1. The Balaban J connectivity index is 2.63. The summed E-state index contributed by atoms with van der Waals surface area (Å²) in [7, 11) is -0.410. The van der Waals surface area contributed by atoms with Crippen LogP contribution >= 0.6 is 0 Å². The molecular formula is C14H22N2O4S. The van der Waals surface area contributed by atoms with Gasteiger partial charge in [-0.3, -0.25) is 4.79 Å². The number of carboxylic acid groups (broad SMARTS) is 1. The summed E-state index contributed by atoms with van der Waals surface area (Å²) in [6, 6.07) is 6.74. The molecule has 0 aliphatic carbocycles. The molecule has 21 heavy (non-hydrogen) atoms. The summed E-state index contributed by atoms with van der Waals surface area (Å²) in [5.41, 5.74) is 0.961. The van der Waals surface area contributed by atoms with Crippen molar-refractivity contribution in [3.05, 3.63) is 29.8 Å². The first-order valence-electron chi connectivity index (χ1n) is 6.73. The summed E-state index contributed by atoms with van der Waals surface area (Å²) in [5.74, 6) is -0.803. The first-order chi connectivity index (χ1) is 9.75. The molecule has 0 aliphatic heterocycles. The standard InChI is InChI=1S/C14H22N2O4S/c1-11(15-10-4-5-14(17)18)12-6-8-13(9-7-12)21(19,20)16(2)3/h6-9,11,15H,4-5,10H2,1-3H3,(H,17,18). The van der Waals surface area contributed by atoms with Gasteiger partial charge < -0.3 is 10.4 Å². The first kappa shape index (κ1) is 17.6. The van der Waals surface area contributed by atoms with E-state index in [0.717, 1.165) is 5.56 Å². The fraction of sp³-hybridized carbons (Fsp3) is 0.500. The largest absolute Gasteiger partial charge is 0.481 e. The van der Waals surface area contributed by atoms with Crippen LogP contribution in [0.15, 0.2) is 29.2 Å². The predicted octanol–water partition coefficient (Wildman–Crippen LogP) is 1.45. The minimum atomic E-state index is -3.40. The second-order valence-corrected chi connectivity index (χ2v) is 7.18. The number of hydrogen-bond acceptors (Lipinski definition) is 4. The average molecular weight is 314 g/mol. The molecule has 0 fully saturated rings. The van der Waals surface area contributed by atoms with Gasteiger partial charge in [0.1, 0.15) is 0 Å². The van der Waals surface area contributed by atoms with Crippen LogP contribution in [-0.4, -0.2) is 44.4 Å². The fourth-order valence-corrected chi connectivity index (χ4v) is 2.72. The van der Waals surface area contributed by atoms with Crippen LogP contribution in [0.4, 0.5) is 0 Å². The fourth-order valence-electron chi connectivity index (χ4n) is 1.82. The summed E-state index contributed by atoms with van der Waals surface area (Å²) in [4.78, 5) is 10.7. The molecular weight excluding hydrogens is 292 g/mol. The molecule has 1 aromatic rings. The molecule has 0 heterocycles. The molecule has 0 radical (unpaired) electrons. The predicted molar refractivity (Wildman–Crippen MR) is 80.6 cm³/mol. The minimum Gasteiger partial charge on any atom is -0.481 e. The van der Waals surface area contributed by atoms with Crippen molar-refractivity contribution in [3.8, 4) is 0 Å². The molecule has 0 saturated carbocycles. The van der Waals surface area contributed by atoms with Crippen molar-refractivity contribution in [1.82, 2.24) is 9.62 Å². The third-order valence-electron chi connectivity index (χ3n) is 3.18. The van der Waals surface area contributed by atoms with Crippen LogP contribution in [-0.2, 0) is 14.8 Å². The summed E-state index contributed by atoms with van der Waals surface area (Å²) >= 11 is 0. The van der Waals surface area contributed by atoms with E-state index in [2.05, 4.69) is 5.32 Å². The molecule has 0 aliphatic rings. The van der Waals surface area contributed by atoms with Gasteiger partial charge in [0.25, 0.3) is 0 Å². The van der Waals surface area contributed by atoms with Crippen LogP contribution in [0.2, 0.25) is 0 Å². The van der Waals surface area contributed by atoms with E-state index in [9.17, 15) is 13.2 Å². The van der Waals surface area contributed by atoms with E-state index in [1.165, 1.54) is 18.4 Å². The Hall–Kier alpha value is -1.44. The molecule has 1 aromatic carbocycles. The molecule has 1 rings (SSSR count). The molecule has 118 valence electrons. The molecule has 6 nitrogen and oxygen atoms in total. The highest BCUT2D eigenvalue weighted by atomic mass is 32.2. The zero-order valence-corrected chi connectivity index (χ0v) is 13.4. The maximum Gasteiger partial charge on any atom is 0.303 e. The number of sulfonamides is 1. The maximum atomic E-state index is 11.9. The van der Waals surface area contributed by atoms with Crippen LogP contribution in [0.1, 0.15) is 31.4 Å². The lowest BCUT2D eigenvalue weighted by Crippen LogP contribution is -2.23. The Labute approximate surface area is 125 Å². The minimum absolute atomic E-state index is 0.0369. The number of nitrogens with zero attached hydrogens (tertiary/aromatic N) is 1. The zero-order valence-electron chi connectivity index (χ0n) is 12.5. The molecule has 2 N–H and O–H groups in total. The quantitative estimate of drug-likeness (QED) is 0.709. The summed E-state index contributed by atoms with van der Waals surface area (Å²) in [6.07, 6.45) is 0.701. The number of nitrogens with one attached hydrogen (secondary N) is 1. The lowest BCUT2D eigenvalue weighted by molar-refractivity contribution is -0.137. The molecule has 0 bridgehead atoms. The van der Waals surface area contributed by atoms with Crippen molar-refractivity contribution in [2.24, 2.45) is 0 Å². The van der Waals surface area contributed by atoms with Crippen LogP contribution in [0.5, 0.6) is 0 Å². The number of carboxylic acids is 1. The van der Waals surface area contributed by atoms with Crippen LogP contribution in [0.25, 0.3) is 0 Å². The molecule has 7 heteroatoms. The Morgan fingerprint density at radius 3 is 2.33 bits per heavy atom. The van der Waals surface area contributed by atoms with Gasteiger partial charge in [-0.25, -0.2) is 12.7 Å². The topological polar surface area (TPSA) is 86.7 Å².